The summed E-state index contributed by atoms with van der Waals surface area (Å²) in [7, 11) is 0. The van der Waals surface area contributed by atoms with E-state index in [1.807, 2.05) is 21.7 Å². The van der Waals surface area contributed by atoms with Crippen molar-refractivity contribution in [3.8, 4) is 0 Å². The lowest BCUT2D eigenvalue weighted by atomic mass is 10.2. The number of rotatable bonds is 4. The summed E-state index contributed by atoms with van der Waals surface area (Å²) in [6.45, 7) is 4.12. The number of amides is 1. The van der Waals surface area contributed by atoms with Crippen LogP contribution in [0.3, 0.4) is 0 Å². The van der Waals surface area contributed by atoms with Crippen molar-refractivity contribution >= 4 is 11.6 Å². The maximum absolute atomic E-state index is 12.2. The summed E-state index contributed by atoms with van der Waals surface area (Å²) in [6, 6.07) is 10.4. The number of aryl methyl sites for hydroxylation is 1. The van der Waals surface area contributed by atoms with Crippen molar-refractivity contribution in [1.29, 1.82) is 0 Å². The fraction of sp³-hybridized carbons (Fsp3) is 0.375. The van der Waals surface area contributed by atoms with Crippen LogP contribution in [0.25, 0.3) is 0 Å². The zero-order valence-corrected chi connectivity index (χ0v) is 12.1. The van der Waals surface area contributed by atoms with Gasteiger partial charge in [-0.25, -0.2) is 4.98 Å². The number of imidazole rings is 1. The molecule has 3 rings (SSSR count). The monoisotopic (exact) mass is 284 g/mol. The van der Waals surface area contributed by atoms with E-state index in [0.29, 0.717) is 13.0 Å². The highest BCUT2D eigenvalue weighted by molar-refractivity contribution is 5.76. The van der Waals surface area contributed by atoms with E-state index in [1.165, 1.54) is 5.69 Å². The Balaban J connectivity index is 1.48. The number of hydrogen-bond donors (Lipinski definition) is 0. The van der Waals surface area contributed by atoms with E-state index in [-0.39, 0.29) is 5.91 Å². The second kappa shape index (κ2) is 6.43. The molecule has 2 heterocycles. The molecule has 2 aromatic rings. The predicted octanol–water partition coefficient (Wildman–Crippen LogP) is 1.62. The summed E-state index contributed by atoms with van der Waals surface area (Å²) < 4.78 is 1.94. The van der Waals surface area contributed by atoms with Crippen LogP contribution in [-0.4, -0.2) is 46.5 Å². The molecule has 0 aliphatic carbocycles. The minimum atomic E-state index is 0.233. The molecule has 1 aromatic heterocycles. The molecule has 0 saturated carbocycles. The molecule has 1 saturated heterocycles. The van der Waals surface area contributed by atoms with Crippen molar-refractivity contribution in [1.82, 2.24) is 14.5 Å². The summed E-state index contributed by atoms with van der Waals surface area (Å²) in [5, 5.41) is 0. The lowest BCUT2D eigenvalue weighted by Gasteiger charge is -2.36. The molecule has 0 atom stereocenters. The van der Waals surface area contributed by atoms with Crippen LogP contribution in [-0.2, 0) is 11.3 Å². The quantitative estimate of drug-likeness (QED) is 0.857. The Bertz CT molecular complexity index is 559. The van der Waals surface area contributed by atoms with Gasteiger partial charge in [0.15, 0.2) is 0 Å². The van der Waals surface area contributed by atoms with Crippen molar-refractivity contribution in [3.05, 3.63) is 49.1 Å². The van der Waals surface area contributed by atoms with E-state index in [9.17, 15) is 4.79 Å². The van der Waals surface area contributed by atoms with Gasteiger partial charge in [0, 0.05) is 57.2 Å². The van der Waals surface area contributed by atoms with E-state index in [2.05, 4.69) is 34.1 Å². The number of nitrogens with zero attached hydrogens (tertiary/aromatic N) is 4. The first-order valence-electron chi connectivity index (χ1n) is 7.36. The first-order chi connectivity index (χ1) is 10.3. The lowest BCUT2D eigenvalue weighted by molar-refractivity contribution is -0.131. The van der Waals surface area contributed by atoms with Gasteiger partial charge in [0.25, 0.3) is 0 Å². The highest BCUT2D eigenvalue weighted by Crippen LogP contribution is 2.15. The normalized spacial score (nSPS) is 15.2. The van der Waals surface area contributed by atoms with E-state index in [1.54, 1.807) is 12.5 Å². The van der Waals surface area contributed by atoms with Crippen molar-refractivity contribution in [3.63, 3.8) is 0 Å². The van der Waals surface area contributed by atoms with Crippen LogP contribution in [0.2, 0.25) is 0 Å². The van der Waals surface area contributed by atoms with Crippen LogP contribution in [0.5, 0.6) is 0 Å². The number of hydrogen-bond acceptors (Lipinski definition) is 3. The van der Waals surface area contributed by atoms with Crippen LogP contribution in [0.1, 0.15) is 6.42 Å². The van der Waals surface area contributed by atoms with Crippen molar-refractivity contribution < 1.29 is 4.79 Å². The molecule has 1 fully saturated rings. The number of aromatic nitrogens is 2. The van der Waals surface area contributed by atoms with Gasteiger partial charge in [0.05, 0.1) is 6.33 Å². The Labute approximate surface area is 124 Å². The first kappa shape index (κ1) is 13.7. The molecular weight excluding hydrogens is 264 g/mol. The third kappa shape index (κ3) is 3.42. The van der Waals surface area contributed by atoms with Crippen LogP contribution < -0.4 is 4.90 Å². The van der Waals surface area contributed by atoms with Gasteiger partial charge in [-0.15, -0.1) is 0 Å². The fourth-order valence-electron chi connectivity index (χ4n) is 2.65. The molecule has 21 heavy (non-hydrogen) atoms. The Morgan fingerprint density at radius 2 is 1.86 bits per heavy atom. The summed E-state index contributed by atoms with van der Waals surface area (Å²) in [5.74, 6) is 0.233. The van der Waals surface area contributed by atoms with Crippen LogP contribution in [0.4, 0.5) is 5.69 Å². The zero-order chi connectivity index (χ0) is 14.5. The summed E-state index contributed by atoms with van der Waals surface area (Å²) >= 11 is 0. The molecule has 0 bridgehead atoms. The van der Waals surface area contributed by atoms with Gasteiger partial charge in [0.1, 0.15) is 0 Å². The molecule has 0 spiro atoms. The Hall–Kier alpha value is -2.30. The van der Waals surface area contributed by atoms with Crippen molar-refractivity contribution in [2.75, 3.05) is 31.1 Å². The average Bonchev–Trinajstić information content (AvgIpc) is 3.07. The Kier molecular flexibility index (Phi) is 4.19. The number of carbonyl (C=O) groups excluding carboxylic acids is 1. The van der Waals surface area contributed by atoms with E-state index in [0.717, 1.165) is 26.2 Å². The van der Waals surface area contributed by atoms with E-state index >= 15 is 0 Å². The molecule has 110 valence electrons. The second-order valence-corrected chi connectivity index (χ2v) is 5.25. The van der Waals surface area contributed by atoms with Crippen molar-refractivity contribution in [2.45, 2.75) is 13.0 Å². The van der Waals surface area contributed by atoms with Crippen LogP contribution in [0, 0.1) is 0 Å². The lowest BCUT2D eigenvalue weighted by Crippen LogP contribution is -2.48. The SMILES string of the molecule is O=C(CCn1ccnc1)N1CCN(c2ccccc2)CC1. The third-order valence-electron chi connectivity index (χ3n) is 3.90. The van der Waals surface area contributed by atoms with Gasteiger partial charge in [-0.1, -0.05) is 18.2 Å². The largest absolute Gasteiger partial charge is 0.368 e. The maximum Gasteiger partial charge on any atom is 0.224 e. The standard InChI is InChI=1S/C16H20N4O/c21-16(6-8-18-9-7-17-14-18)20-12-10-19(11-13-20)15-4-2-1-3-5-15/h1-5,7,9,14H,6,8,10-13H2. The molecule has 5 nitrogen and oxygen atoms in total. The zero-order valence-electron chi connectivity index (χ0n) is 12.1. The second-order valence-electron chi connectivity index (χ2n) is 5.25. The minimum absolute atomic E-state index is 0.233. The molecule has 1 aromatic carbocycles. The van der Waals surface area contributed by atoms with Gasteiger partial charge in [-0.2, -0.15) is 0 Å². The number of carbonyl (C=O) groups is 1. The number of benzene rings is 1. The summed E-state index contributed by atoms with van der Waals surface area (Å²) in [5.41, 5.74) is 1.24. The predicted molar refractivity (Wildman–Crippen MR) is 82.1 cm³/mol. The third-order valence-corrected chi connectivity index (χ3v) is 3.90. The molecule has 0 unspecified atom stereocenters. The summed E-state index contributed by atoms with van der Waals surface area (Å²) in [4.78, 5) is 20.5. The smallest absolute Gasteiger partial charge is 0.224 e. The van der Waals surface area contributed by atoms with Gasteiger partial charge in [0.2, 0.25) is 5.91 Å². The number of para-hydroxylation sites is 1. The molecule has 5 heteroatoms. The molecule has 0 N–H and O–H groups in total. The van der Waals surface area contributed by atoms with E-state index in [4.69, 9.17) is 0 Å². The maximum atomic E-state index is 12.2. The van der Waals surface area contributed by atoms with Gasteiger partial charge < -0.3 is 14.4 Å². The Morgan fingerprint density at radius 1 is 1.10 bits per heavy atom. The Morgan fingerprint density at radius 3 is 2.52 bits per heavy atom. The topological polar surface area (TPSA) is 41.4 Å². The minimum Gasteiger partial charge on any atom is -0.368 e. The van der Waals surface area contributed by atoms with Gasteiger partial charge in [-0.3, -0.25) is 4.79 Å². The van der Waals surface area contributed by atoms with Crippen LogP contribution >= 0.6 is 0 Å². The highest BCUT2D eigenvalue weighted by atomic mass is 16.2. The van der Waals surface area contributed by atoms with Crippen molar-refractivity contribution in [2.24, 2.45) is 0 Å². The molecule has 1 aliphatic heterocycles. The van der Waals surface area contributed by atoms with Gasteiger partial charge in [-0.05, 0) is 12.1 Å². The molecular formula is C16H20N4O. The first-order valence-corrected chi connectivity index (χ1v) is 7.36. The highest BCUT2D eigenvalue weighted by Gasteiger charge is 2.20. The summed E-state index contributed by atoms with van der Waals surface area (Å²) in [6.07, 6.45) is 5.92. The molecule has 1 aliphatic rings. The van der Waals surface area contributed by atoms with Gasteiger partial charge >= 0.3 is 0 Å². The fourth-order valence-corrected chi connectivity index (χ4v) is 2.65. The average molecular weight is 284 g/mol. The number of anilines is 1. The van der Waals surface area contributed by atoms with Crippen LogP contribution in [0.15, 0.2) is 49.1 Å². The number of piperazine rings is 1. The molecule has 1 amide bonds. The molecule has 0 radical (unpaired) electrons. The van der Waals surface area contributed by atoms with E-state index < -0.39 is 0 Å².